The molecular weight excluding hydrogens is 210 g/mol. The van der Waals surface area contributed by atoms with Gasteiger partial charge >= 0.3 is 0 Å². The van der Waals surface area contributed by atoms with Crippen molar-refractivity contribution in [1.29, 1.82) is 0 Å². The molecule has 2 aromatic heterocycles. The number of aromatic nitrogens is 2. The number of nitrogens with zero attached hydrogens (tertiary/aromatic N) is 2. The third-order valence-electron chi connectivity index (χ3n) is 1.93. The molecule has 84 valence electrons. The zero-order chi connectivity index (χ0) is 11.4. The van der Waals surface area contributed by atoms with Gasteiger partial charge in [-0.25, -0.2) is 4.98 Å². The van der Waals surface area contributed by atoms with E-state index >= 15 is 0 Å². The van der Waals surface area contributed by atoms with Crippen molar-refractivity contribution >= 4 is 5.82 Å². The SMILES string of the molecule is COc1c(N)ncnc1OCc1ccco1. The molecule has 0 spiro atoms. The molecule has 0 atom stereocenters. The molecule has 0 aliphatic rings. The van der Waals surface area contributed by atoms with Crippen LogP contribution < -0.4 is 15.2 Å². The van der Waals surface area contributed by atoms with Gasteiger partial charge in [0.1, 0.15) is 18.7 Å². The summed E-state index contributed by atoms with van der Waals surface area (Å²) >= 11 is 0. The van der Waals surface area contributed by atoms with Gasteiger partial charge < -0.3 is 19.6 Å². The van der Waals surface area contributed by atoms with Crippen LogP contribution in [0.4, 0.5) is 5.82 Å². The molecular formula is C10H11N3O3. The van der Waals surface area contributed by atoms with E-state index in [9.17, 15) is 0 Å². The van der Waals surface area contributed by atoms with Crippen molar-refractivity contribution < 1.29 is 13.9 Å². The molecule has 6 nitrogen and oxygen atoms in total. The zero-order valence-corrected chi connectivity index (χ0v) is 8.71. The Kier molecular flexibility index (Phi) is 2.90. The maximum Gasteiger partial charge on any atom is 0.262 e. The lowest BCUT2D eigenvalue weighted by molar-refractivity contribution is 0.246. The van der Waals surface area contributed by atoms with Gasteiger partial charge in [0.2, 0.25) is 5.75 Å². The van der Waals surface area contributed by atoms with Crippen LogP contribution in [0.15, 0.2) is 29.1 Å². The second-order valence-electron chi connectivity index (χ2n) is 2.97. The Bertz CT molecular complexity index is 456. The van der Waals surface area contributed by atoms with Crippen LogP contribution >= 0.6 is 0 Å². The van der Waals surface area contributed by atoms with Gasteiger partial charge in [0, 0.05) is 0 Å². The van der Waals surface area contributed by atoms with E-state index in [4.69, 9.17) is 19.6 Å². The number of methoxy groups -OCH3 is 1. The van der Waals surface area contributed by atoms with Gasteiger partial charge in [0.05, 0.1) is 13.4 Å². The van der Waals surface area contributed by atoms with Gasteiger partial charge in [-0.05, 0) is 12.1 Å². The monoisotopic (exact) mass is 221 g/mol. The molecule has 0 saturated heterocycles. The molecule has 0 unspecified atom stereocenters. The Morgan fingerprint density at radius 1 is 1.44 bits per heavy atom. The number of rotatable bonds is 4. The summed E-state index contributed by atoms with van der Waals surface area (Å²) in [6.45, 7) is 0.264. The summed E-state index contributed by atoms with van der Waals surface area (Å²) in [5, 5.41) is 0. The van der Waals surface area contributed by atoms with E-state index in [-0.39, 0.29) is 12.4 Å². The Labute approximate surface area is 92.0 Å². The number of ether oxygens (including phenoxy) is 2. The van der Waals surface area contributed by atoms with Crippen molar-refractivity contribution in [3.05, 3.63) is 30.5 Å². The zero-order valence-electron chi connectivity index (χ0n) is 8.71. The third-order valence-corrected chi connectivity index (χ3v) is 1.93. The van der Waals surface area contributed by atoms with Crippen molar-refractivity contribution in [3.8, 4) is 11.6 Å². The predicted octanol–water partition coefficient (Wildman–Crippen LogP) is 1.24. The second kappa shape index (κ2) is 4.52. The van der Waals surface area contributed by atoms with Gasteiger partial charge in [-0.15, -0.1) is 0 Å². The van der Waals surface area contributed by atoms with Crippen molar-refractivity contribution in [3.63, 3.8) is 0 Å². The number of anilines is 1. The molecule has 6 heteroatoms. The normalized spacial score (nSPS) is 10.1. The first kappa shape index (κ1) is 10.3. The van der Waals surface area contributed by atoms with Crippen LogP contribution in [-0.2, 0) is 6.61 Å². The largest absolute Gasteiger partial charge is 0.489 e. The molecule has 2 N–H and O–H groups in total. The Morgan fingerprint density at radius 3 is 3.00 bits per heavy atom. The number of nitrogens with two attached hydrogens (primary N) is 1. The lowest BCUT2D eigenvalue weighted by Gasteiger charge is -2.08. The molecule has 0 aliphatic carbocycles. The van der Waals surface area contributed by atoms with E-state index in [1.165, 1.54) is 13.4 Å². The lowest BCUT2D eigenvalue weighted by atomic mass is 10.4. The van der Waals surface area contributed by atoms with Gasteiger partial charge in [-0.2, -0.15) is 4.98 Å². The van der Waals surface area contributed by atoms with E-state index in [0.717, 1.165) is 0 Å². The van der Waals surface area contributed by atoms with E-state index in [2.05, 4.69) is 9.97 Å². The summed E-state index contributed by atoms with van der Waals surface area (Å²) in [6.07, 6.45) is 2.89. The van der Waals surface area contributed by atoms with Crippen LogP contribution in [0.25, 0.3) is 0 Å². The average molecular weight is 221 g/mol. The molecule has 0 fully saturated rings. The Balaban J connectivity index is 2.12. The van der Waals surface area contributed by atoms with Gasteiger partial charge in [-0.1, -0.05) is 0 Å². The van der Waals surface area contributed by atoms with Crippen LogP contribution in [0.3, 0.4) is 0 Å². The molecule has 2 rings (SSSR count). The fourth-order valence-electron chi connectivity index (χ4n) is 1.20. The highest BCUT2D eigenvalue weighted by Crippen LogP contribution is 2.28. The first-order chi connectivity index (χ1) is 7.81. The van der Waals surface area contributed by atoms with Crippen LogP contribution in [0.2, 0.25) is 0 Å². The third kappa shape index (κ3) is 2.05. The molecule has 0 aliphatic heterocycles. The second-order valence-corrected chi connectivity index (χ2v) is 2.97. The summed E-state index contributed by atoms with van der Waals surface area (Å²) in [4.78, 5) is 7.72. The van der Waals surface area contributed by atoms with Crippen molar-refractivity contribution in [1.82, 2.24) is 9.97 Å². The molecule has 0 bridgehead atoms. The topological polar surface area (TPSA) is 83.4 Å². The molecule has 0 saturated carbocycles. The average Bonchev–Trinajstić information content (AvgIpc) is 2.79. The first-order valence-electron chi connectivity index (χ1n) is 4.61. The smallest absolute Gasteiger partial charge is 0.262 e. The predicted molar refractivity (Wildman–Crippen MR) is 56.0 cm³/mol. The Morgan fingerprint density at radius 2 is 2.31 bits per heavy atom. The van der Waals surface area contributed by atoms with Crippen molar-refractivity contribution in [2.45, 2.75) is 6.61 Å². The lowest BCUT2D eigenvalue weighted by Crippen LogP contribution is -2.03. The van der Waals surface area contributed by atoms with Crippen LogP contribution in [-0.4, -0.2) is 17.1 Å². The summed E-state index contributed by atoms with van der Waals surface area (Å²) in [5.41, 5.74) is 5.60. The standard InChI is InChI=1S/C10H11N3O3/c1-14-8-9(11)12-6-13-10(8)16-5-7-3-2-4-15-7/h2-4,6H,5H2,1H3,(H2,11,12,13). The molecule has 0 aromatic carbocycles. The van der Waals surface area contributed by atoms with Crippen LogP contribution in [0, 0.1) is 0 Å². The van der Waals surface area contributed by atoms with Gasteiger partial charge in [0.15, 0.2) is 5.82 Å². The maximum absolute atomic E-state index is 5.60. The summed E-state index contributed by atoms with van der Waals surface area (Å²) in [5.74, 6) is 1.56. The Hall–Kier alpha value is -2.24. The highest BCUT2D eigenvalue weighted by atomic mass is 16.5. The quantitative estimate of drug-likeness (QED) is 0.836. The fraction of sp³-hybridized carbons (Fsp3) is 0.200. The molecule has 2 heterocycles. The van der Waals surface area contributed by atoms with Crippen molar-refractivity contribution in [2.24, 2.45) is 0 Å². The number of nitrogen functional groups attached to an aromatic ring is 1. The molecule has 16 heavy (non-hydrogen) atoms. The minimum absolute atomic E-state index is 0.243. The summed E-state index contributed by atoms with van der Waals surface area (Å²) in [7, 11) is 1.48. The van der Waals surface area contributed by atoms with E-state index in [0.29, 0.717) is 17.4 Å². The number of hydrogen-bond acceptors (Lipinski definition) is 6. The van der Waals surface area contributed by atoms with E-state index in [1.807, 2.05) is 0 Å². The first-order valence-corrected chi connectivity index (χ1v) is 4.61. The summed E-state index contributed by atoms with van der Waals surface area (Å²) < 4.78 is 15.6. The molecule has 0 amide bonds. The maximum atomic E-state index is 5.60. The molecule has 0 radical (unpaired) electrons. The summed E-state index contributed by atoms with van der Waals surface area (Å²) in [6, 6.07) is 3.58. The minimum Gasteiger partial charge on any atom is -0.489 e. The van der Waals surface area contributed by atoms with Gasteiger partial charge in [0.25, 0.3) is 5.88 Å². The minimum atomic E-state index is 0.243. The van der Waals surface area contributed by atoms with Gasteiger partial charge in [-0.3, -0.25) is 0 Å². The van der Waals surface area contributed by atoms with Crippen molar-refractivity contribution in [2.75, 3.05) is 12.8 Å². The highest BCUT2D eigenvalue weighted by Gasteiger charge is 2.11. The number of furan rings is 1. The van der Waals surface area contributed by atoms with E-state index < -0.39 is 0 Å². The van der Waals surface area contributed by atoms with Crippen LogP contribution in [0.5, 0.6) is 11.6 Å². The highest BCUT2D eigenvalue weighted by molar-refractivity contribution is 5.51. The fourth-order valence-corrected chi connectivity index (χ4v) is 1.20. The molecule has 2 aromatic rings. The van der Waals surface area contributed by atoms with Crippen LogP contribution in [0.1, 0.15) is 5.76 Å². The number of hydrogen-bond donors (Lipinski definition) is 1. The van der Waals surface area contributed by atoms with E-state index in [1.54, 1.807) is 18.4 Å².